The zero-order valence-corrected chi connectivity index (χ0v) is 14.3. The molecular weight excluding hydrogens is 341 g/mol. The molecule has 0 saturated carbocycles. The quantitative estimate of drug-likeness (QED) is 0.762. The van der Waals surface area contributed by atoms with Crippen LogP contribution in [0.5, 0.6) is 0 Å². The van der Waals surface area contributed by atoms with Crippen molar-refractivity contribution in [3.63, 3.8) is 0 Å². The number of nitrogens with one attached hydrogen (secondary N) is 1. The summed E-state index contributed by atoms with van der Waals surface area (Å²) in [6.45, 7) is 1.57. The van der Waals surface area contributed by atoms with Crippen LogP contribution in [0.3, 0.4) is 0 Å². The highest BCUT2D eigenvalue weighted by Crippen LogP contribution is 2.18. The van der Waals surface area contributed by atoms with E-state index < -0.39 is 15.8 Å². The van der Waals surface area contributed by atoms with Crippen molar-refractivity contribution in [3.8, 4) is 11.3 Å². The third-order valence-electron chi connectivity index (χ3n) is 3.66. The summed E-state index contributed by atoms with van der Waals surface area (Å²) in [5.74, 6) is -0.472. The number of sulfonamides is 1. The summed E-state index contributed by atoms with van der Waals surface area (Å²) >= 11 is 0. The Bertz CT molecular complexity index is 992. The third kappa shape index (κ3) is 4.07. The van der Waals surface area contributed by atoms with Crippen molar-refractivity contribution >= 4 is 10.0 Å². The summed E-state index contributed by atoms with van der Waals surface area (Å²) in [7, 11) is -3.76. The normalized spacial score (nSPS) is 11.4. The van der Waals surface area contributed by atoms with Gasteiger partial charge in [0.05, 0.1) is 22.8 Å². The molecule has 7 heteroatoms. The molecule has 0 amide bonds. The molecule has 0 atom stereocenters. The summed E-state index contributed by atoms with van der Waals surface area (Å²) in [5.41, 5.74) is 2.52. The molecule has 3 aromatic rings. The van der Waals surface area contributed by atoms with Crippen LogP contribution in [0.25, 0.3) is 11.3 Å². The first-order chi connectivity index (χ1) is 12.0. The molecule has 128 valence electrons. The number of rotatable bonds is 5. The summed E-state index contributed by atoms with van der Waals surface area (Å²) in [6, 6.07) is 14.8. The van der Waals surface area contributed by atoms with Gasteiger partial charge in [-0.15, -0.1) is 0 Å². The molecule has 0 radical (unpaired) electrons. The van der Waals surface area contributed by atoms with Gasteiger partial charge in [0.15, 0.2) is 0 Å². The molecule has 25 heavy (non-hydrogen) atoms. The fourth-order valence-electron chi connectivity index (χ4n) is 2.42. The smallest absolute Gasteiger partial charge is 0.240 e. The van der Waals surface area contributed by atoms with Gasteiger partial charge >= 0.3 is 0 Å². The van der Waals surface area contributed by atoms with Crippen LogP contribution in [0.1, 0.15) is 11.3 Å². The fraction of sp³-hybridized carbons (Fsp3) is 0.111. The topological polar surface area (TPSA) is 72.0 Å². The van der Waals surface area contributed by atoms with Gasteiger partial charge in [-0.1, -0.05) is 30.3 Å². The van der Waals surface area contributed by atoms with Crippen LogP contribution < -0.4 is 4.72 Å². The Balaban J connectivity index is 1.79. The Kier molecular flexibility index (Phi) is 4.87. The van der Waals surface area contributed by atoms with Gasteiger partial charge in [-0.25, -0.2) is 27.5 Å². The van der Waals surface area contributed by atoms with Crippen molar-refractivity contribution in [1.29, 1.82) is 0 Å². The molecule has 0 spiro atoms. The molecule has 1 N–H and O–H groups in total. The van der Waals surface area contributed by atoms with Crippen LogP contribution in [-0.4, -0.2) is 18.4 Å². The van der Waals surface area contributed by atoms with Gasteiger partial charge < -0.3 is 0 Å². The second-order valence-corrected chi connectivity index (χ2v) is 7.23. The van der Waals surface area contributed by atoms with Gasteiger partial charge in [-0.2, -0.15) is 0 Å². The number of nitrogens with zero attached hydrogens (tertiary/aromatic N) is 2. The minimum Gasteiger partial charge on any atom is -0.240 e. The average Bonchev–Trinajstić information content (AvgIpc) is 2.61. The van der Waals surface area contributed by atoms with E-state index in [4.69, 9.17) is 0 Å². The fourth-order valence-corrected chi connectivity index (χ4v) is 3.65. The largest absolute Gasteiger partial charge is 0.241 e. The van der Waals surface area contributed by atoms with Gasteiger partial charge in [0.25, 0.3) is 0 Å². The molecule has 0 saturated heterocycles. The van der Waals surface area contributed by atoms with Gasteiger partial charge in [-0.05, 0) is 36.8 Å². The zero-order chi connectivity index (χ0) is 17.9. The molecule has 0 unspecified atom stereocenters. The first-order valence-corrected chi connectivity index (χ1v) is 9.06. The van der Waals surface area contributed by atoms with E-state index in [9.17, 15) is 12.8 Å². The molecule has 0 aliphatic rings. The predicted molar refractivity (Wildman–Crippen MR) is 92.6 cm³/mol. The Hall–Kier alpha value is -2.64. The lowest BCUT2D eigenvalue weighted by molar-refractivity contribution is 0.578. The molecular formula is C18H16FN3O2S. The van der Waals surface area contributed by atoms with Crippen LogP contribution in [0.4, 0.5) is 4.39 Å². The zero-order valence-electron chi connectivity index (χ0n) is 13.5. The van der Waals surface area contributed by atoms with E-state index in [1.807, 2.05) is 30.3 Å². The maximum absolute atomic E-state index is 13.2. The lowest BCUT2D eigenvalue weighted by Gasteiger charge is -2.09. The molecule has 1 aromatic heterocycles. The molecule has 1 heterocycles. The van der Waals surface area contributed by atoms with E-state index in [0.717, 1.165) is 11.6 Å². The summed E-state index contributed by atoms with van der Waals surface area (Å²) in [5, 5.41) is 0. The second-order valence-electron chi connectivity index (χ2n) is 5.49. The van der Waals surface area contributed by atoms with Gasteiger partial charge in [-0.3, -0.25) is 0 Å². The van der Waals surface area contributed by atoms with Crippen molar-refractivity contribution in [2.75, 3.05) is 0 Å². The molecule has 3 rings (SSSR count). The molecule has 0 aliphatic heterocycles. The van der Waals surface area contributed by atoms with Crippen molar-refractivity contribution in [1.82, 2.24) is 14.7 Å². The molecule has 0 bridgehead atoms. The van der Waals surface area contributed by atoms with E-state index >= 15 is 0 Å². The molecule has 0 aliphatic carbocycles. The standard InChI is InChI=1S/C18H16FN3O2S/c1-13-9-15(19)7-8-18(13)25(23,24)22-11-16-10-17(21-12-20-16)14-5-3-2-4-6-14/h2-10,12,22H,11H2,1H3. The lowest BCUT2D eigenvalue weighted by Crippen LogP contribution is -2.24. The first-order valence-electron chi connectivity index (χ1n) is 7.58. The monoisotopic (exact) mass is 357 g/mol. The van der Waals surface area contributed by atoms with Gasteiger partial charge in [0.1, 0.15) is 12.1 Å². The van der Waals surface area contributed by atoms with Crippen LogP contribution in [0.2, 0.25) is 0 Å². The van der Waals surface area contributed by atoms with E-state index in [1.165, 1.54) is 18.5 Å². The van der Waals surface area contributed by atoms with Crippen LogP contribution in [-0.2, 0) is 16.6 Å². The van der Waals surface area contributed by atoms with Crippen molar-refractivity contribution < 1.29 is 12.8 Å². The second kappa shape index (κ2) is 7.08. The van der Waals surface area contributed by atoms with Crippen molar-refractivity contribution in [2.24, 2.45) is 0 Å². The van der Waals surface area contributed by atoms with Crippen LogP contribution in [0, 0.1) is 12.7 Å². The Morgan fingerprint density at radius 3 is 2.52 bits per heavy atom. The number of aromatic nitrogens is 2. The van der Waals surface area contributed by atoms with Crippen LogP contribution in [0.15, 0.2) is 65.8 Å². The number of hydrogen-bond donors (Lipinski definition) is 1. The van der Waals surface area contributed by atoms with Crippen molar-refractivity contribution in [3.05, 3.63) is 78.0 Å². The van der Waals surface area contributed by atoms with Crippen LogP contribution >= 0.6 is 0 Å². The van der Waals surface area contributed by atoms with E-state index in [-0.39, 0.29) is 11.4 Å². The van der Waals surface area contributed by atoms with E-state index in [1.54, 1.807) is 13.0 Å². The first kappa shape index (κ1) is 17.2. The average molecular weight is 357 g/mol. The highest BCUT2D eigenvalue weighted by Gasteiger charge is 2.17. The number of benzene rings is 2. The summed E-state index contributed by atoms with van der Waals surface area (Å²) < 4.78 is 40.5. The predicted octanol–water partition coefficient (Wildman–Crippen LogP) is 3.07. The highest BCUT2D eigenvalue weighted by molar-refractivity contribution is 7.89. The summed E-state index contributed by atoms with van der Waals surface area (Å²) in [4.78, 5) is 8.35. The maximum atomic E-state index is 13.2. The van der Waals surface area contributed by atoms with Crippen molar-refractivity contribution in [2.45, 2.75) is 18.4 Å². The maximum Gasteiger partial charge on any atom is 0.241 e. The Morgan fingerprint density at radius 1 is 1.04 bits per heavy atom. The SMILES string of the molecule is Cc1cc(F)ccc1S(=O)(=O)NCc1cc(-c2ccccc2)ncn1. The molecule has 5 nitrogen and oxygen atoms in total. The minimum atomic E-state index is -3.76. The minimum absolute atomic E-state index is 0.0154. The van der Waals surface area contributed by atoms with E-state index in [2.05, 4.69) is 14.7 Å². The lowest BCUT2D eigenvalue weighted by atomic mass is 10.1. The Morgan fingerprint density at radius 2 is 1.80 bits per heavy atom. The summed E-state index contributed by atoms with van der Waals surface area (Å²) in [6.07, 6.45) is 1.40. The third-order valence-corrected chi connectivity index (χ3v) is 5.22. The highest BCUT2D eigenvalue weighted by atomic mass is 32.2. The molecule has 2 aromatic carbocycles. The van der Waals surface area contributed by atoms with E-state index in [0.29, 0.717) is 17.0 Å². The van der Waals surface area contributed by atoms with Gasteiger partial charge in [0.2, 0.25) is 10.0 Å². The number of aryl methyl sites for hydroxylation is 1. The molecule has 0 fully saturated rings. The Labute approximate surface area is 145 Å². The number of halogens is 1. The number of hydrogen-bond acceptors (Lipinski definition) is 4. The van der Waals surface area contributed by atoms with Gasteiger partial charge in [0, 0.05) is 5.56 Å².